The van der Waals surface area contributed by atoms with Gasteiger partial charge in [-0.05, 0) is 53.4 Å². The molecule has 0 aliphatic carbocycles. The summed E-state index contributed by atoms with van der Waals surface area (Å²) in [6, 6.07) is 44.5. The number of hydrogen-bond acceptors (Lipinski definition) is 0. The molecule has 0 bridgehead atoms. The van der Waals surface area contributed by atoms with Crippen LogP contribution in [0.4, 0.5) is 0 Å². The number of unbranched alkanes of at least 4 members (excludes halogenated alkanes) is 3. The van der Waals surface area contributed by atoms with Crippen LogP contribution in [0.1, 0.15) is 92.9 Å². The summed E-state index contributed by atoms with van der Waals surface area (Å²) in [6.07, 6.45) is 9.03. The van der Waals surface area contributed by atoms with E-state index in [-0.39, 0.29) is 0 Å². The minimum Gasteiger partial charge on any atom is -0.0628 e. The van der Waals surface area contributed by atoms with E-state index < -0.39 is 0 Å². The van der Waals surface area contributed by atoms with E-state index in [1.165, 1.54) is 67.2 Å². The van der Waals surface area contributed by atoms with E-state index in [9.17, 15) is 0 Å². The van der Waals surface area contributed by atoms with E-state index in [0.717, 1.165) is 0 Å². The van der Waals surface area contributed by atoms with Crippen LogP contribution in [0.5, 0.6) is 0 Å². The Balaban J connectivity index is 1.36. The Morgan fingerprint density at radius 2 is 0.811 bits per heavy atom. The van der Waals surface area contributed by atoms with E-state index in [1.807, 2.05) is 0 Å². The molecule has 1 unspecified atom stereocenters. The molecule has 0 spiro atoms. The first-order valence-electron chi connectivity index (χ1n) is 14.4. The molecule has 0 fully saturated rings. The van der Waals surface area contributed by atoms with Crippen molar-refractivity contribution >= 4 is 0 Å². The van der Waals surface area contributed by atoms with Crippen LogP contribution in [0.2, 0.25) is 0 Å². The number of rotatable bonds is 14. The molecule has 4 rings (SSSR count). The zero-order valence-electron chi connectivity index (χ0n) is 22.8. The second-order valence-electron chi connectivity index (χ2n) is 11.1. The Labute approximate surface area is 225 Å². The Hall–Kier alpha value is -3.12. The monoisotopic (exact) mass is 488 g/mol. The largest absolute Gasteiger partial charge is 0.0628 e. The molecule has 4 aromatic carbocycles. The van der Waals surface area contributed by atoms with Crippen molar-refractivity contribution in [2.45, 2.75) is 70.6 Å². The van der Waals surface area contributed by atoms with Gasteiger partial charge < -0.3 is 0 Å². The summed E-state index contributed by atoms with van der Waals surface area (Å²) in [4.78, 5) is 0. The van der Waals surface area contributed by atoms with Crippen molar-refractivity contribution < 1.29 is 0 Å². The molecule has 0 aliphatic heterocycles. The Kier molecular flexibility index (Phi) is 10.6. The molecule has 0 heteroatoms. The molecule has 0 aromatic heterocycles. The molecule has 0 radical (unpaired) electrons. The fourth-order valence-electron chi connectivity index (χ4n) is 6.09. The predicted octanol–water partition coefficient (Wildman–Crippen LogP) is 10.7. The van der Waals surface area contributed by atoms with E-state index in [1.54, 1.807) is 0 Å². The van der Waals surface area contributed by atoms with Gasteiger partial charge in [-0.1, -0.05) is 161 Å². The maximum absolute atomic E-state index is 2.38. The van der Waals surface area contributed by atoms with Gasteiger partial charge in [-0.3, -0.25) is 0 Å². The third kappa shape index (κ3) is 8.19. The highest BCUT2D eigenvalue weighted by atomic mass is 14.3. The lowest BCUT2D eigenvalue weighted by Crippen LogP contribution is -2.17. The molecule has 0 nitrogen and oxygen atoms in total. The summed E-state index contributed by atoms with van der Waals surface area (Å²) >= 11 is 0. The van der Waals surface area contributed by atoms with Gasteiger partial charge in [-0.2, -0.15) is 0 Å². The standard InChI is InChI=1S/C37H44/c1-30(2)29-35(37(33-23-14-7-15-24-33)34-25-16-8-17-26-34)27-9-3-4-18-28-36(31-19-10-5-11-20-31)32-21-12-6-13-22-32/h5-8,10-17,19-26,30,35-37H,3-4,9,18,27-29H2,1-2H3. The highest BCUT2D eigenvalue weighted by Gasteiger charge is 2.25. The van der Waals surface area contributed by atoms with Crippen molar-refractivity contribution in [2.75, 3.05) is 0 Å². The van der Waals surface area contributed by atoms with Gasteiger partial charge in [-0.25, -0.2) is 0 Å². The lowest BCUT2D eigenvalue weighted by atomic mass is 9.74. The number of hydrogen-bond donors (Lipinski definition) is 0. The Bertz CT molecular complexity index is 1040. The van der Waals surface area contributed by atoms with Crippen LogP contribution in [0.3, 0.4) is 0 Å². The van der Waals surface area contributed by atoms with Crippen molar-refractivity contribution in [3.63, 3.8) is 0 Å². The third-order valence-electron chi connectivity index (χ3n) is 7.78. The van der Waals surface area contributed by atoms with Crippen LogP contribution in [-0.2, 0) is 0 Å². The van der Waals surface area contributed by atoms with Gasteiger partial charge >= 0.3 is 0 Å². The summed E-state index contributed by atoms with van der Waals surface area (Å²) in [5.74, 6) is 2.35. The highest BCUT2D eigenvalue weighted by molar-refractivity contribution is 5.34. The summed E-state index contributed by atoms with van der Waals surface area (Å²) in [5, 5.41) is 0. The van der Waals surface area contributed by atoms with Crippen molar-refractivity contribution in [3.8, 4) is 0 Å². The van der Waals surface area contributed by atoms with Crippen LogP contribution in [0, 0.1) is 11.8 Å². The minimum absolute atomic E-state index is 0.477. The van der Waals surface area contributed by atoms with Gasteiger partial charge in [0.1, 0.15) is 0 Å². The van der Waals surface area contributed by atoms with Crippen molar-refractivity contribution in [1.82, 2.24) is 0 Å². The quantitative estimate of drug-likeness (QED) is 0.155. The van der Waals surface area contributed by atoms with Crippen LogP contribution in [-0.4, -0.2) is 0 Å². The van der Waals surface area contributed by atoms with Crippen LogP contribution >= 0.6 is 0 Å². The van der Waals surface area contributed by atoms with E-state index in [4.69, 9.17) is 0 Å². The summed E-state index contributed by atoms with van der Waals surface area (Å²) < 4.78 is 0. The number of benzene rings is 4. The molecule has 0 amide bonds. The average molecular weight is 489 g/mol. The molecule has 192 valence electrons. The van der Waals surface area contributed by atoms with Gasteiger partial charge in [0.05, 0.1) is 0 Å². The fraction of sp³-hybridized carbons (Fsp3) is 0.351. The first kappa shape index (κ1) is 26.9. The zero-order chi connectivity index (χ0) is 25.7. The van der Waals surface area contributed by atoms with E-state index in [0.29, 0.717) is 23.7 Å². The summed E-state index contributed by atoms with van der Waals surface area (Å²) in [5.41, 5.74) is 5.82. The smallest absolute Gasteiger partial charge is 0.0118 e. The summed E-state index contributed by atoms with van der Waals surface area (Å²) in [6.45, 7) is 4.76. The molecule has 0 saturated carbocycles. The Morgan fingerprint density at radius 3 is 1.22 bits per heavy atom. The molecule has 4 aromatic rings. The first-order valence-corrected chi connectivity index (χ1v) is 14.4. The average Bonchev–Trinajstić information content (AvgIpc) is 2.94. The molecule has 0 saturated heterocycles. The van der Waals surface area contributed by atoms with Gasteiger partial charge in [0.15, 0.2) is 0 Å². The molecule has 0 aliphatic rings. The van der Waals surface area contributed by atoms with Gasteiger partial charge in [0.25, 0.3) is 0 Å². The fourth-order valence-corrected chi connectivity index (χ4v) is 6.09. The van der Waals surface area contributed by atoms with Crippen LogP contribution < -0.4 is 0 Å². The lowest BCUT2D eigenvalue weighted by molar-refractivity contribution is 0.339. The molecule has 0 N–H and O–H groups in total. The van der Waals surface area contributed by atoms with E-state index >= 15 is 0 Å². The summed E-state index contributed by atoms with van der Waals surface area (Å²) in [7, 11) is 0. The SMILES string of the molecule is CC(C)CC(CCCCCCC(c1ccccc1)c1ccccc1)C(c1ccccc1)c1ccccc1. The first-order chi connectivity index (χ1) is 18.2. The minimum atomic E-state index is 0.477. The highest BCUT2D eigenvalue weighted by Crippen LogP contribution is 2.39. The molecular formula is C37H44. The maximum Gasteiger partial charge on any atom is 0.0118 e. The van der Waals surface area contributed by atoms with Gasteiger partial charge in [0, 0.05) is 11.8 Å². The van der Waals surface area contributed by atoms with Crippen molar-refractivity contribution in [2.24, 2.45) is 11.8 Å². The van der Waals surface area contributed by atoms with Gasteiger partial charge in [-0.15, -0.1) is 0 Å². The third-order valence-corrected chi connectivity index (χ3v) is 7.78. The van der Waals surface area contributed by atoms with Gasteiger partial charge in [0.2, 0.25) is 0 Å². The van der Waals surface area contributed by atoms with E-state index in [2.05, 4.69) is 135 Å². The lowest BCUT2D eigenvalue weighted by Gasteiger charge is -2.30. The van der Waals surface area contributed by atoms with Crippen LogP contribution in [0.15, 0.2) is 121 Å². The zero-order valence-corrected chi connectivity index (χ0v) is 22.8. The maximum atomic E-state index is 2.38. The molecule has 0 heterocycles. The normalized spacial score (nSPS) is 12.4. The predicted molar refractivity (Wildman–Crippen MR) is 160 cm³/mol. The van der Waals surface area contributed by atoms with Crippen molar-refractivity contribution in [1.29, 1.82) is 0 Å². The molecule has 1 atom stereocenters. The molecular weight excluding hydrogens is 444 g/mol. The Morgan fingerprint density at radius 1 is 0.432 bits per heavy atom. The van der Waals surface area contributed by atoms with Crippen molar-refractivity contribution in [3.05, 3.63) is 144 Å². The topological polar surface area (TPSA) is 0 Å². The second kappa shape index (κ2) is 14.6. The molecule has 37 heavy (non-hydrogen) atoms. The van der Waals surface area contributed by atoms with Crippen LogP contribution in [0.25, 0.3) is 0 Å². The second-order valence-corrected chi connectivity index (χ2v) is 11.1.